The summed E-state index contributed by atoms with van der Waals surface area (Å²) in [6.45, 7) is 4.27. The molecule has 9 heteroatoms. The SMILES string of the molecule is CN1CCN(c2ccc(Nc3nc(Nc4ccc5[nH]ccc5c4)c4cn[nH]c4n3)cc2)CC1. The molecule has 0 bridgehead atoms. The molecular weight excluding hydrogens is 414 g/mol. The van der Waals surface area contributed by atoms with Crippen molar-refractivity contribution in [3.05, 3.63) is 60.9 Å². The molecule has 5 aromatic rings. The summed E-state index contributed by atoms with van der Waals surface area (Å²) >= 11 is 0. The third-order valence-corrected chi connectivity index (χ3v) is 6.12. The van der Waals surface area contributed by atoms with Crippen molar-refractivity contribution in [1.82, 2.24) is 30.0 Å². The molecule has 33 heavy (non-hydrogen) atoms. The van der Waals surface area contributed by atoms with Gasteiger partial charge >= 0.3 is 0 Å². The van der Waals surface area contributed by atoms with E-state index in [1.54, 1.807) is 6.20 Å². The van der Waals surface area contributed by atoms with Gasteiger partial charge in [-0.05, 0) is 55.6 Å². The summed E-state index contributed by atoms with van der Waals surface area (Å²) < 4.78 is 0. The summed E-state index contributed by atoms with van der Waals surface area (Å²) in [5, 5.41) is 15.8. The Labute approximate surface area is 190 Å². The van der Waals surface area contributed by atoms with Crippen LogP contribution in [-0.2, 0) is 0 Å². The summed E-state index contributed by atoms with van der Waals surface area (Å²) in [5.41, 5.74) is 4.89. The Hall–Kier alpha value is -4.11. The van der Waals surface area contributed by atoms with Crippen molar-refractivity contribution in [2.75, 3.05) is 48.8 Å². The van der Waals surface area contributed by atoms with Crippen LogP contribution in [-0.4, -0.2) is 63.3 Å². The zero-order valence-electron chi connectivity index (χ0n) is 18.3. The monoisotopic (exact) mass is 439 g/mol. The molecule has 6 rings (SSSR count). The van der Waals surface area contributed by atoms with Gasteiger partial charge in [-0.3, -0.25) is 5.10 Å². The van der Waals surface area contributed by atoms with E-state index in [1.165, 1.54) is 5.69 Å². The number of piperazine rings is 1. The maximum Gasteiger partial charge on any atom is 0.231 e. The maximum absolute atomic E-state index is 4.73. The molecule has 2 aromatic carbocycles. The van der Waals surface area contributed by atoms with Crippen LogP contribution in [0.2, 0.25) is 0 Å². The average Bonchev–Trinajstić information content (AvgIpc) is 3.49. The van der Waals surface area contributed by atoms with Gasteiger partial charge < -0.3 is 25.4 Å². The molecule has 166 valence electrons. The highest BCUT2D eigenvalue weighted by atomic mass is 15.2. The van der Waals surface area contributed by atoms with Crippen LogP contribution in [0.15, 0.2) is 60.9 Å². The Morgan fingerprint density at radius 3 is 2.55 bits per heavy atom. The minimum Gasteiger partial charge on any atom is -0.369 e. The molecule has 0 spiro atoms. The van der Waals surface area contributed by atoms with Crippen molar-refractivity contribution in [1.29, 1.82) is 0 Å². The van der Waals surface area contributed by atoms with Gasteiger partial charge in [0.1, 0.15) is 5.82 Å². The minimum absolute atomic E-state index is 0.504. The van der Waals surface area contributed by atoms with E-state index < -0.39 is 0 Å². The number of H-pyrrole nitrogens is 2. The molecule has 0 radical (unpaired) electrons. The first-order valence-corrected chi connectivity index (χ1v) is 11.1. The van der Waals surface area contributed by atoms with E-state index in [0.717, 1.165) is 53.8 Å². The average molecular weight is 440 g/mol. The third-order valence-electron chi connectivity index (χ3n) is 6.12. The lowest BCUT2D eigenvalue weighted by atomic mass is 10.2. The molecule has 9 nitrogen and oxygen atoms in total. The normalized spacial score (nSPS) is 14.8. The molecule has 1 aliphatic heterocycles. The second-order valence-electron chi connectivity index (χ2n) is 8.40. The summed E-state index contributed by atoms with van der Waals surface area (Å²) in [5.74, 6) is 1.20. The number of anilines is 5. The number of nitrogens with one attached hydrogen (secondary N) is 4. The lowest BCUT2D eigenvalue weighted by Crippen LogP contribution is -2.44. The molecule has 0 unspecified atom stereocenters. The lowest BCUT2D eigenvalue weighted by Gasteiger charge is -2.34. The largest absolute Gasteiger partial charge is 0.369 e. The summed E-state index contributed by atoms with van der Waals surface area (Å²) in [6.07, 6.45) is 3.67. The van der Waals surface area contributed by atoms with Crippen LogP contribution in [0.3, 0.4) is 0 Å². The van der Waals surface area contributed by atoms with Gasteiger partial charge in [-0.1, -0.05) is 0 Å². The van der Waals surface area contributed by atoms with Crippen LogP contribution < -0.4 is 15.5 Å². The first-order valence-electron chi connectivity index (χ1n) is 11.1. The van der Waals surface area contributed by atoms with Crippen molar-refractivity contribution in [3.8, 4) is 0 Å². The topological polar surface area (TPSA) is 101 Å². The highest BCUT2D eigenvalue weighted by Gasteiger charge is 2.15. The first-order chi connectivity index (χ1) is 16.2. The summed E-state index contributed by atoms with van der Waals surface area (Å²) in [4.78, 5) is 17.3. The standard InChI is InChI=1S/C24H25N9/c1-32-10-12-33(13-11-32)19-5-2-17(3-6-19)28-24-29-22(20-15-26-31-23(20)30-24)27-18-4-7-21-16(14-18)8-9-25-21/h2-9,14-15,25H,10-13H2,1H3,(H3,26,27,28,29,30,31). The number of aromatic amines is 2. The van der Waals surface area contributed by atoms with Crippen LogP contribution in [0.4, 0.5) is 28.8 Å². The minimum atomic E-state index is 0.504. The molecule has 3 aromatic heterocycles. The Balaban J connectivity index is 1.24. The molecule has 1 saturated heterocycles. The second-order valence-corrected chi connectivity index (χ2v) is 8.40. The number of aromatic nitrogens is 5. The van der Waals surface area contributed by atoms with Gasteiger partial charge in [-0.2, -0.15) is 15.1 Å². The Morgan fingerprint density at radius 2 is 1.70 bits per heavy atom. The van der Waals surface area contributed by atoms with E-state index in [9.17, 15) is 0 Å². The number of hydrogen-bond acceptors (Lipinski definition) is 7. The first kappa shape index (κ1) is 19.6. The number of nitrogens with zero attached hydrogens (tertiary/aromatic N) is 5. The van der Waals surface area contributed by atoms with E-state index in [0.29, 0.717) is 17.4 Å². The van der Waals surface area contributed by atoms with E-state index in [1.807, 2.05) is 24.4 Å². The fraction of sp³-hybridized carbons (Fsp3) is 0.208. The molecule has 0 saturated carbocycles. The van der Waals surface area contributed by atoms with Gasteiger partial charge in [0.25, 0.3) is 0 Å². The van der Waals surface area contributed by atoms with Crippen LogP contribution in [0.25, 0.3) is 21.9 Å². The van der Waals surface area contributed by atoms with E-state index in [4.69, 9.17) is 4.98 Å². The van der Waals surface area contributed by atoms with Crippen LogP contribution in [0.5, 0.6) is 0 Å². The van der Waals surface area contributed by atoms with Crippen molar-refractivity contribution in [2.45, 2.75) is 0 Å². The van der Waals surface area contributed by atoms with Crippen LogP contribution >= 0.6 is 0 Å². The van der Waals surface area contributed by atoms with Crippen molar-refractivity contribution >= 4 is 50.8 Å². The Bertz CT molecular complexity index is 1390. The highest BCUT2D eigenvalue weighted by molar-refractivity contribution is 5.91. The van der Waals surface area contributed by atoms with Gasteiger partial charge in [0.05, 0.1) is 11.6 Å². The van der Waals surface area contributed by atoms with Gasteiger partial charge in [0.2, 0.25) is 5.95 Å². The lowest BCUT2D eigenvalue weighted by molar-refractivity contribution is 0.313. The number of fused-ring (bicyclic) bond motifs is 2. The quantitative estimate of drug-likeness (QED) is 0.327. The van der Waals surface area contributed by atoms with E-state index in [2.05, 4.69) is 78.0 Å². The Morgan fingerprint density at radius 1 is 0.879 bits per heavy atom. The molecular formula is C24H25N9. The maximum atomic E-state index is 4.73. The molecule has 4 heterocycles. The van der Waals surface area contributed by atoms with Crippen LogP contribution in [0, 0.1) is 0 Å². The smallest absolute Gasteiger partial charge is 0.231 e. The van der Waals surface area contributed by atoms with E-state index >= 15 is 0 Å². The van der Waals surface area contributed by atoms with Crippen molar-refractivity contribution in [3.63, 3.8) is 0 Å². The number of hydrogen-bond donors (Lipinski definition) is 4. The Kier molecular flexibility index (Phi) is 4.80. The van der Waals surface area contributed by atoms with Crippen molar-refractivity contribution < 1.29 is 0 Å². The fourth-order valence-electron chi connectivity index (χ4n) is 4.20. The number of benzene rings is 2. The van der Waals surface area contributed by atoms with Gasteiger partial charge in [-0.15, -0.1) is 0 Å². The summed E-state index contributed by atoms with van der Waals surface area (Å²) in [6, 6.07) is 16.6. The molecule has 0 aliphatic carbocycles. The van der Waals surface area contributed by atoms with Gasteiger partial charge in [-0.25, -0.2) is 0 Å². The highest BCUT2D eigenvalue weighted by Crippen LogP contribution is 2.27. The molecule has 1 aliphatic rings. The second kappa shape index (κ2) is 8.10. The third kappa shape index (κ3) is 3.94. The molecule has 0 atom stereocenters. The molecule has 4 N–H and O–H groups in total. The number of rotatable bonds is 5. The molecule has 1 fully saturated rings. The molecule has 0 amide bonds. The number of likely N-dealkylation sites (N-methyl/N-ethyl adjacent to an activating group) is 1. The zero-order chi connectivity index (χ0) is 22.2. The summed E-state index contributed by atoms with van der Waals surface area (Å²) in [7, 11) is 2.17. The van der Waals surface area contributed by atoms with E-state index in [-0.39, 0.29) is 0 Å². The predicted molar refractivity (Wildman–Crippen MR) is 133 cm³/mol. The van der Waals surface area contributed by atoms with Gasteiger partial charge in [0.15, 0.2) is 5.65 Å². The van der Waals surface area contributed by atoms with Crippen LogP contribution in [0.1, 0.15) is 0 Å². The fourth-order valence-corrected chi connectivity index (χ4v) is 4.20. The zero-order valence-corrected chi connectivity index (χ0v) is 18.3. The van der Waals surface area contributed by atoms with Crippen molar-refractivity contribution in [2.24, 2.45) is 0 Å². The predicted octanol–water partition coefficient (Wildman–Crippen LogP) is 4.07. The van der Waals surface area contributed by atoms with Gasteiger partial charge in [0, 0.05) is 60.3 Å².